The number of benzene rings is 1. The second kappa shape index (κ2) is 5.32. The van der Waals surface area contributed by atoms with Crippen molar-refractivity contribution in [2.24, 2.45) is 0 Å². The molecule has 0 atom stereocenters. The highest BCUT2D eigenvalue weighted by Gasteiger charge is 2.33. The summed E-state index contributed by atoms with van der Waals surface area (Å²) in [6, 6.07) is 1.52. The molecule has 1 aromatic carbocycles. The molecule has 0 radical (unpaired) electrons. The predicted molar refractivity (Wildman–Crippen MR) is 76.2 cm³/mol. The number of sulfonamides is 1. The Balaban J connectivity index is 2.45. The first-order valence-electron chi connectivity index (χ1n) is 5.82. The van der Waals surface area contributed by atoms with Crippen molar-refractivity contribution in [3.05, 3.63) is 40.4 Å². The average Bonchev–Trinajstić information content (AvgIpc) is 2.78. The Hall–Kier alpha value is -1.58. The van der Waals surface area contributed by atoms with Crippen molar-refractivity contribution >= 4 is 27.0 Å². The van der Waals surface area contributed by atoms with Crippen LogP contribution in [0, 0.1) is 11.6 Å². The molecule has 9 heteroatoms. The fourth-order valence-electron chi connectivity index (χ4n) is 1.80. The number of nitrogens with zero attached hydrogens (tertiary/aromatic N) is 1. The number of thiazole rings is 1. The van der Waals surface area contributed by atoms with Crippen molar-refractivity contribution in [3.63, 3.8) is 0 Å². The van der Waals surface area contributed by atoms with E-state index in [9.17, 15) is 17.2 Å². The van der Waals surface area contributed by atoms with Gasteiger partial charge in [0, 0.05) is 17.3 Å². The van der Waals surface area contributed by atoms with Gasteiger partial charge in [-0.25, -0.2) is 22.2 Å². The number of anilines is 1. The molecule has 2 rings (SSSR count). The zero-order valence-electron chi connectivity index (χ0n) is 11.2. The molecular weight excluding hydrogens is 320 g/mol. The predicted octanol–water partition coefficient (Wildman–Crippen LogP) is 2.22. The summed E-state index contributed by atoms with van der Waals surface area (Å²) in [6.07, 6.45) is 1.51. The Morgan fingerprint density at radius 3 is 2.33 bits per heavy atom. The van der Waals surface area contributed by atoms with Gasteiger partial charge in [-0.05, 0) is 26.0 Å². The molecule has 0 aliphatic heterocycles. The van der Waals surface area contributed by atoms with Crippen LogP contribution in [0.5, 0.6) is 0 Å². The van der Waals surface area contributed by atoms with Gasteiger partial charge >= 0.3 is 0 Å². The maximum atomic E-state index is 13.8. The first-order valence-corrected chi connectivity index (χ1v) is 8.18. The number of rotatable bonds is 4. The number of nitrogens with one attached hydrogen (secondary N) is 1. The van der Waals surface area contributed by atoms with E-state index in [0.717, 1.165) is 12.1 Å². The number of hydrogen-bond acceptors (Lipinski definition) is 5. The van der Waals surface area contributed by atoms with Gasteiger partial charge in [0.05, 0.1) is 5.54 Å². The standard InChI is InChI=1S/C12H13F2N3O2S2/c1-12(2,11-16-3-4-20-11)17-21(18,19)10-8(13)5-7(15)6-9(10)14/h3-6,17H,15H2,1-2H3. The lowest BCUT2D eigenvalue weighted by atomic mass is 10.1. The maximum Gasteiger partial charge on any atom is 0.247 e. The molecule has 1 heterocycles. The topological polar surface area (TPSA) is 85.1 Å². The van der Waals surface area contributed by atoms with Crippen LogP contribution in [0.4, 0.5) is 14.5 Å². The third-order valence-electron chi connectivity index (χ3n) is 2.65. The minimum Gasteiger partial charge on any atom is -0.399 e. The Kier molecular flexibility index (Phi) is 4.00. The quantitative estimate of drug-likeness (QED) is 0.840. The molecule has 1 aromatic heterocycles. The van der Waals surface area contributed by atoms with Crippen LogP contribution in [0.2, 0.25) is 0 Å². The van der Waals surface area contributed by atoms with E-state index >= 15 is 0 Å². The van der Waals surface area contributed by atoms with Gasteiger partial charge in [0.1, 0.15) is 16.6 Å². The van der Waals surface area contributed by atoms with E-state index in [1.54, 1.807) is 19.2 Å². The van der Waals surface area contributed by atoms with Crippen molar-refractivity contribution in [3.8, 4) is 0 Å². The molecule has 2 aromatic rings. The fourth-order valence-corrected chi connectivity index (χ4v) is 4.08. The summed E-state index contributed by atoms with van der Waals surface area (Å²) in [5, 5.41) is 2.15. The van der Waals surface area contributed by atoms with Crippen LogP contribution in [0.25, 0.3) is 0 Å². The van der Waals surface area contributed by atoms with Crippen molar-refractivity contribution in [2.45, 2.75) is 24.3 Å². The molecule has 0 aliphatic rings. The van der Waals surface area contributed by atoms with Crippen molar-refractivity contribution in [1.82, 2.24) is 9.71 Å². The summed E-state index contributed by atoms with van der Waals surface area (Å²) in [6.45, 7) is 3.10. The summed E-state index contributed by atoms with van der Waals surface area (Å²) >= 11 is 1.23. The summed E-state index contributed by atoms with van der Waals surface area (Å²) in [5.41, 5.74) is 3.98. The number of nitrogens with two attached hydrogens (primary N) is 1. The molecule has 21 heavy (non-hydrogen) atoms. The van der Waals surface area contributed by atoms with Gasteiger partial charge < -0.3 is 5.73 Å². The average molecular weight is 333 g/mol. The van der Waals surface area contributed by atoms with Crippen molar-refractivity contribution < 1.29 is 17.2 Å². The van der Waals surface area contributed by atoms with Crippen LogP contribution >= 0.6 is 11.3 Å². The van der Waals surface area contributed by atoms with Crippen LogP contribution in [-0.2, 0) is 15.6 Å². The maximum absolute atomic E-state index is 13.8. The molecule has 0 unspecified atom stereocenters. The third-order valence-corrected chi connectivity index (χ3v) is 5.45. The van der Waals surface area contributed by atoms with Crippen molar-refractivity contribution in [2.75, 3.05) is 5.73 Å². The zero-order valence-corrected chi connectivity index (χ0v) is 12.9. The normalized spacial score (nSPS) is 12.6. The van der Waals surface area contributed by atoms with Crippen LogP contribution in [-0.4, -0.2) is 13.4 Å². The Bertz CT molecular complexity index is 736. The first-order chi connectivity index (χ1) is 9.63. The van der Waals surface area contributed by atoms with E-state index in [1.165, 1.54) is 17.5 Å². The summed E-state index contributed by atoms with van der Waals surface area (Å²) in [7, 11) is -4.41. The lowest BCUT2D eigenvalue weighted by Crippen LogP contribution is -2.41. The van der Waals surface area contributed by atoms with Crippen LogP contribution in [0.15, 0.2) is 28.6 Å². The van der Waals surface area contributed by atoms with E-state index in [2.05, 4.69) is 9.71 Å². The van der Waals surface area contributed by atoms with Gasteiger partial charge in [0.15, 0.2) is 4.90 Å². The number of halogens is 2. The highest BCUT2D eigenvalue weighted by atomic mass is 32.2. The summed E-state index contributed by atoms with van der Waals surface area (Å²) in [5.74, 6) is -2.48. The molecule has 114 valence electrons. The molecule has 0 bridgehead atoms. The van der Waals surface area contributed by atoms with Gasteiger partial charge in [0.25, 0.3) is 0 Å². The van der Waals surface area contributed by atoms with Gasteiger partial charge in [-0.2, -0.15) is 4.72 Å². The Morgan fingerprint density at radius 1 is 1.29 bits per heavy atom. The number of aromatic nitrogens is 1. The molecule has 5 nitrogen and oxygen atoms in total. The third kappa shape index (κ3) is 3.20. The van der Waals surface area contributed by atoms with E-state index in [1.807, 2.05) is 0 Å². The van der Waals surface area contributed by atoms with E-state index in [-0.39, 0.29) is 5.69 Å². The van der Waals surface area contributed by atoms with Crippen LogP contribution in [0.1, 0.15) is 18.9 Å². The fraction of sp³-hybridized carbons (Fsp3) is 0.250. The lowest BCUT2D eigenvalue weighted by molar-refractivity contribution is 0.458. The van der Waals surface area contributed by atoms with Crippen LogP contribution < -0.4 is 10.5 Å². The molecule has 0 fully saturated rings. The van der Waals surface area contributed by atoms with E-state index in [0.29, 0.717) is 5.01 Å². The van der Waals surface area contributed by atoms with Crippen molar-refractivity contribution in [1.29, 1.82) is 0 Å². The highest BCUT2D eigenvalue weighted by Crippen LogP contribution is 2.27. The minimum absolute atomic E-state index is 0.192. The van der Waals surface area contributed by atoms with Gasteiger partial charge in [-0.1, -0.05) is 0 Å². The minimum atomic E-state index is -4.41. The number of nitrogen functional groups attached to an aromatic ring is 1. The van der Waals surface area contributed by atoms with E-state index < -0.39 is 32.1 Å². The Morgan fingerprint density at radius 2 is 1.86 bits per heavy atom. The molecule has 0 spiro atoms. The molecule has 3 N–H and O–H groups in total. The zero-order chi connectivity index (χ0) is 15.8. The SMILES string of the molecule is CC(C)(NS(=O)(=O)c1c(F)cc(N)cc1F)c1nccs1. The Labute approximate surface area is 124 Å². The van der Waals surface area contributed by atoms with E-state index in [4.69, 9.17) is 5.73 Å². The second-order valence-electron chi connectivity index (χ2n) is 4.88. The molecule has 0 aliphatic carbocycles. The highest BCUT2D eigenvalue weighted by molar-refractivity contribution is 7.89. The molecule has 0 amide bonds. The molecule has 0 saturated heterocycles. The molecule has 0 saturated carbocycles. The summed E-state index contributed by atoms with van der Waals surface area (Å²) < 4.78 is 54.3. The summed E-state index contributed by atoms with van der Waals surface area (Å²) in [4.78, 5) is 2.95. The first kappa shape index (κ1) is 15.8. The largest absolute Gasteiger partial charge is 0.399 e. The molecular formula is C12H13F2N3O2S2. The smallest absolute Gasteiger partial charge is 0.247 e. The van der Waals surface area contributed by atoms with Crippen LogP contribution in [0.3, 0.4) is 0 Å². The van der Waals surface area contributed by atoms with Gasteiger partial charge in [-0.3, -0.25) is 0 Å². The monoisotopic (exact) mass is 333 g/mol. The van der Waals surface area contributed by atoms with Gasteiger partial charge in [-0.15, -0.1) is 11.3 Å². The lowest BCUT2D eigenvalue weighted by Gasteiger charge is -2.23. The second-order valence-corrected chi connectivity index (χ2v) is 7.40. The number of hydrogen-bond donors (Lipinski definition) is 2. The van der Waals surface area contributed by atoms with Gasteiger partial charge in [0.2, 0.25) is 10.0 Å².